The minimum atomic E-state index is -4.42. The monoisotopic (exact) mass is 408 g/mol. The lowest BCUT2D eigenvalue weighted by Gasteiger charge is -2.20. The molecule has 2 aromatic heterocycles. The lowest BCUT2D eigenvalue weighted by atomic mass is 10.3. The molecule has 0 aliphatic carbocycles. The Morgan fingerprint density at radius 1 is 1.46 bits per heavy atom. The summed E-state index contributed by atoms with van der Waals surface area (Å²) in [6.45, 7) is 1.32. The summed E-state index contributed by atoms with van der Waals surface area (Å²) in [7, 11) is -0.564. The van der Waals surface area contributed by atoms with Gasteiger partial charge < -0.3 is 4.90 Å². The van der Waals surface area contributed by atoms with Gasteiger partial charge >= 0.3 is 6.18 Å². The van der Waals surface area contributed by atoms with E-state index in [4.69, 9.17) is 11.6 Å². The van der Waals surface area contributed by atoms with Crippen molar-refractivity contribution in [1.82, 2.24) is 14.8 Å². The van der Waals surface area contributed by atoms with Crippen molar-refractivity contribution in [2.75, 3.05) is 17.7 Å². The van der Waals surface area contributed by atoms with Gasteiger partial charge in [-0.2, -0.15) is 18.3 Å². The van der Waals surface area contributed by atoms with Crippen molar-refractivity contribution in [3.63, 3.8) is 0 Å². The van der Waals surface area contributed by atoms with Crippen LogP contribution in [0.2, 0.25) is 5.15 Å². The first kappa shape index (κ1) is 20.4. The quantitative estimate of drug-likeness (QED) is 0.737. The van der Waals surface area contributed by atoms with Gasteiger partial charge in [0.05, 0.1) is 24.5 Å². The molecule has 0 spiro atoms. The van der Waals surface area contributed by atoms with E-state index in [1.54, 1.807) is 24.5 Å². The highest BCUT2D eigenvalue weighted by atomic mass is 35.5. The number of halogens is 4. The second-order valence-electron chi connectivity index (χ2n) is 5.45. The van der Waals surface area contributed by atoms with Gasteiger partial charge in [-0.1, -0.05) is 11.6 Å². The third-order valence-corrected chi connectivity index (χ3v) is 5.45. The second kappa shape index (κ2) is 8.17. The number of nitrogens with zero attached hydrogens (tertiary/aromatic N) is 4. The average molecular weight is 409 g/mol. The number of carbonyl (C=O) groups is 1. The molecule has 11 heteroatoms. The molecule has 0 bridgehead atoms. The molecule has 2 atom stereocenters. The molecule has 0 radical (unpaired) electrons. The summed E-state index contributed by atoms with van der Waals surface area (Å²) in [5.41, 5.74) is 0.864. The van der Waals surface area contributed by atoms with Crippen LogP contribution >= 0.6 is 11.6 Å². The molecular weight excluding hydrogens is 393 g/mol. The van der Waals surface area contributed by atoms with Gasteiger partial charge in [-0.25, -0.2) is 4.68 Å². The molecule has 2 heterocycles. The molecule has 0 fully saturated rings. The number of pyridine rings is 1. The molecule has 2 rings (SSSR count). The summed E-state index contributed by atoms with van der Waals surface area (Å²) in [6, 6.07) is 3.43. The van der Waals surface area contributed by atoms with Crippen molar-refractivity contribution in [2.45, 2.75) is 24.8 Å². The topological polar surface area (TPSA) is 68.1 Å². The van der Waals surface area contributed by atoms with Crippen LogP contribution in [-0.2, 0) is 15.6 Å². The molecule has 142 valence electrons. The van der Waals surface area contributed by atoms with E-state index in [0.717, 1.165) is 4.90 Å². The maximum atomic E-state index is 12.5. The van der Waals surface area contributed by atoms with Crippen molar-refractivity contribution in [3.05, 3.63) is 35.9 Å². The van der Waals surface area contributed by atoms with Crippen molar-refractivity contribution in [3.8, 4) is 5.69 Å². The summed E-state index contributed by atoms with van der Waals surface area (Å²) >= 11 is 6.07. The van der Waals surface area contributed by atoms with Gasteiger partial charge in [0.15, 0.2) is 5.15 Å². The number of alkyl halides is 3. The van der Waals surface area contributed by atoms with Crippen LogP contribution in [0, 0.1) is 0 Å². The highest BCUT2D eigenvalue weighted by Crippen LogP contribution is 2.26. The van der Waals surface area contributed by atoms with Gasteiger partial charge in [0.2, 0.25) is 5.91 Å². The standard InChI is InChI=1S/C15H16ClF3N4O2S/c1-10(26(25)7-5-15(17,18)19)14(24)22(2)12-9-23(21-13(12)16)11-4-3-6-20-8-11/h3-4,6,8-10H,5,7H2,1-2H3. The van der Waals surface area contributed by atoms with Gasteiger partial charge in [0.1, 0.15) is 10.9 Å². The summed E-state index contributed by atoms with van der Waals surface area (Å²) in [5, 5.41) is 3.00. The summed E-state index contributed by atoms with van der Waals surface area (Å²) in [5.74, 6) is -1.24. The van der Waals surface area contributed by atoms with Gasteiger partial charge in [-0.3, -0.25) is 14.0 Å². The lowest BCUT2D eigenvalue weighted by molar-refractivity contribution is -0.130. The Kier molecular flexibility index (Phi) is 6.40. The molecular formula is C15H16ClF3N4O2S. The molecule has 0 aromatic carbocycles. The molecule has 2 unspecified atom stereocenters. The van der Waals surface area contributed by atoms with Crippen LogP contribution in [0.4, 0.5) is 18.9 Å². The van der Waals surface area contributed by atoms with Crippen LogP contribution < -0.4 is 4.90 Å². The Balaban J connectivity index is 2.13. The van der Waals surface area contributed by atoms with Gasteiger partial charge in [0, 0.05) is 29.8 Å². The average Bonchev–Trinajstić information content (AvgIpc) is 2.99. The van der Waals surface area contributed by atoms with Crippen LogP contribution in [0.25, 0.3) is 5.69 Å². The van der Waals surface area contributed by atoms with Crippen molar-refractivity contribution < 1.29 is 22.2 Å². The number of carbonyl (C=O) groups excluding carboxylic acids is 1. The SMILES string of the molecule is CC(C(=O)N(C)c1cn(-c2cccnc2)nc1Cl)S(=O)CCC(F)(F)F. The predicted octanol–water partition coefficient (Wildman–Crippen LogP) is 2.97. The van der Waals surface area contributed by atoms with E-state index >= 15 is 0 Å². The fourth-order valence-corrected chi connectivity index (χ4v) is 3.51. The van der Waals surface area contributed by atoms with E-state index in [2.05, 4.69) is 10.1 Å². The minimum Gasteiger partial charge on any atom is -0.310 e. The van der Waals surface area contributed by atoms with Crippen LogP contribution in [0.3, 0.4) is 0 Å². The molecule has 26 heavy (non-hydrogen) atoms. The van der Waals surface area contributed by atoms with Crippen LogP contribution in [0.5, 0.6) is 0 Å². The molecule has 2 aromatic rings. The lowest BCUT2D eigenvalue weighted by Crippen LogP contribution is -2.38. The maximum absolute atomic E-state index is 12.5. The summed E-state index contributed by atoms with van der Waals surface area (Å²) < 4.78 is 50.2. The molecule has 0 saturated carbocycles. The summed E-state index contributed by atoms with van der Waals surface area (Å²) in [6.07, 6.45) is -1.01. The summed E-state index contributed by atoms with van der Waals surface area (Å²) in [4.78, 5) is 17.5. The van der Waals surface area contributed by atoms with Crippen molar-refractivity contribution >= 4 is 34.0 Å². The minimum absolute atomic E-state index is 0.0259. The third kappa shape index (κ3) is 5.04. The molecule has 1 amide bonds. The van der Waals surface area contributed by atoms with E-state index in [1.807, 2.05) is 0 Å². The number of rotatable bonds is 6. The van der Waals surface area contributed by atoms with E-state index < -0.39 is 40.3 Å². The largest absolute Gasteiger partial charge is 0.390 e. The van der Waals surface area contributed by atoms with Crippen molar-refractivity contribution in [2.24, 2.45) is 0 Å². The predicted molar refractivity (Wildman–Crippen MR) is 92.9 cm³/mol. The zero-order valence-corrected chi connectivity index (χ0v) is 15.5. The maximum Gasteiger partial charge on any atom is 0.390 e. The molecule has 0 N–H and O–H groups in total. The molecule has 6 nitrogen and oxygen atoms in total. The highest BCUT2D eigenvalue weighted by Gasteiger charge is 2.31. The van der Waals surface area contributed by atoms with E-state index in [0.29, 0.717) is 5.69 Å². The van der Waals surface area contributed by atoms with Crippen molar-refractivity contribution in [1.29, 1.82) is 0 Å². The fourth-order valence-electron chi connectivity index (χ4n) is 2.09. The number of amides is 1. The number of anilines is 1. The second-order valence-corrected chi connectivity index (χ2v) is 7.69. The van der Waals surface area contributed by atoms with Gasteiger partial charge in [-0.05, 0) is 19.1 Å². The molecule has 0 aliphatic rings. The third-order valence-electron chi connectivity index (χ3n) is 3.58. The number of aromatic nitrogens is 3. The highest BCUT2D eigenvalue weighted by molar-refractivity contribution is 7.86. The fraction of sp³-hybridized carbons (Fsp3) is 0.400. The Morgan fingerprint density at radius 3 is 2.73 bits per heavy atom. The molecule has 0 aliphatic heterocycles. The first-order chi connectivity index (χ1) is 12.1. The van der Waals surface area contributed by atoms with Crippen LogP contribution in [0.1, 0.15) is 13.3 Å². The first-order valence-corrected chi connectivity index (χ1v) is 9.23. The zero-order chi connectivity index (χ0) is 19.5. The Labute approximate surface area is 155 Å². The number of hydrogen-bond acceptors (Lipinski definition) is 4. The van der Waals surface area contributed by atoms with Crippen LogP contribution in [-0.4, -0.2) is 49.1 Å². The Hall–Kier alpha value is -1.94. The van der Waals surface area contributed by atoms with E-state index in [9.17, 15) is 22.2 Å². The van der Waals surface area contributed by atoms with E-state index in [-0.39, 0.29) is 10.8 Å². The van der Waals surface area contributed by atoms with Crippen LogP contribution in [0.15, 0.2) is 30.7 Å². The first-order valence-electron chi connectivity index (χ1n) is 7.47. The Morgan fingerprint density at radius 2 is 2.15 bits per heavy atom. The zero-order valence-electron chi connectivity index (χ0n) is 13.9. The van der Waals surface area contributed by atoms with Gasteiger partial charge in [-0.15, -0.1) is 0 Å². The van der Waals surface area contributed by atoms with E-state index in [1.165, 1.54) is 24.9 Å². The number of hydrogen-bond donors (Lipinski definition) is 0. The van der Waals surface area contributed by atoms with Gasteiger partial charge in [0.25, 0.3) is 0 Å². The smallest absolute Gasteiger partial charge is 0.310 e. The normalized spacial score (nSPS) is 14.1. The Bertz CT molecular complexity index is 798. The molecule has 0 saturated heterocycles.